The lowest BCUT2D eigenvalue weighted by Gasteiger charge is -2.17. The molecule has 2 aromatic rings. The lowest BCUT2D eigenvalue weighted by atomic mass is 10.3. The molecule has 1 atom stereocenters. The number of hydroxylamine groups is 1. The van der Waals surface area contributed by atoms with Crippen molar-refractivity contribution >= 4 is 15.9 Å². The summed E-state index contributed by atoms with van der Waals surface area (Å²) in [5.74, 6) is -3.03. The van der Waals surface area contributed by atoms with Gasteiger partial charge in [-0.25, -0.2) is 8.78 Å². The summed E-state index contributed by atoms with van der Waals surface area (Å²) in [6.45, 7) is 1.18. The molecule has 0 saturated carbocycles. The van der Waals surface area contributed by atoms with Gasteiger partial charge in [0.2, 0.25) is 0 Å². The van der Waals surface area contributed by atoms with E-state index in [-0.39, 0.29) is 11.5 Å². The summed E-state index contributed by atoms with van der Waals surface area (Å²) in [6.07, 6.45) is 0. The molecule has 0 radical (unpaired) electrons. The molecule has 7 nitrogen and oxygen atoms in total. The highest BCUT2D eigenvalue weighted by Crippen LogP contribution is 2.27. The zero-order valence-electron chi connectivity index (χ0n) is 12.9. The molecule has 0 saturated heterocycles. The number of carbonyl (C=O) groups excluding carboxylic acids is 1. The van der Waals surface area contributed by atoms with Crippen molar-refractivity contribution in [3.05, 3.63) is 54.1 Å². The second kappa shape index (κ2) is 7.13. The van der Waals surface area contributed by atoms with Crippen molar-refractivity contribution in [2.24, 2.45) is 5.73 Å². The van der Waals surface area contributed by atoms with Gasteiger partial charge in [0.05, 0.1) is 10.9 Å². The number of ether oxygens (including phenoxy) is 1. The van der Waals surface area contributed by atoms with Crippen LogP contribution in [0.4, 0.5) is 8.78 Å². The molecule has 0 aliphatic heterocycles. The minimum Gasteiger partial charge on any atom is -0.454 e. The van der Waals surface area contributed by atoms with Crippen LogP contribution < -0.4 is 10.5 Å². The maximum absolute atomic E-state index is 14.1. The predicted octanol–water partition coefficient (Wildman–Crippen LogP) is 2.01. The van der Waals surface area contributed by atoms with Gasteiger partial charge >= 0.3 is 0 Å². The van der Waals surface area contributed by atoms with Gasteiger partial charge in [0.1, 0.15) is 11.6 Å². The first-order valence-electron chi connectivity index (χ1n) is 6.89. The highest BCUT2D eigenvalue weighted by Gasteiger charge is 2.30. The molecule has 2 aromatic carbocycles. The SMILES string of the molecule is C[C@H](N)C(=O)N(O)S(=O)(=O)c1ccc(Oc2ccc(F)cc2)c(F)c1. The van der Waals surface area contributed by atoms with Gasteiger partial charge < -0.3 is 10.5 Å². The highest BCUT2D eigenvalue weighted by molar-refractivity contribution is 7.89. The molecule has 0 aromatic heterocycles. The number of halogens is 2. The van der Waals surface area contributed by atoms with Crippen LogP contribution >= 0.6 is 0 Å². The smallest absolute Gasteiger partial charge is 0.289 e. The van der Waals surface area contributed by atoms with Gasteiger partial charge in [0.15, 0.2) is 11.6 Å². The maximum Gasteiger partial charge on any atom is 0.289 e. The number of sulfonamides is 1. The number of nitrogens with zero attached hydrogens (tertiary/aromatic N) is 1. The van der Waals surface area contributed by atoms with Crippen molar-refractivity contribution < 1.29 is 31.9 Å². The van der Waals surface area contributed by atoms with Crippen LogP contribution in [-0.4, -0.2) is 30.0 Å². The van der Waals surface area contributed by atoms with Gasteiger partial charge in [-0.1, -0.05) is 0 Å². The van der Waals surface area contributed by atoms with Crippen molar-refractivity contribution in [1.29, 1.82) is 0 Å². The van der Waals surface area contributed by atoms with Crippen LogP contribution in [0.1, 0.15) is 6.92 Å². The van der Waals surface area contributed by atoms with Crippen LogP contribution in [0.3, 0.4) is 0 Å². The summed E-state index contributed by atoms with van der Waals surface area (Å²) < 4.78 is 55.7. The van der Waals surface area contributed by atoms with E-state index in [4.69, 9.17) is 10.5 Å². The van der Waals surface area contributed by atoms with Gasteiger partial charge in [-0.05, 0) is 49.4 Å². The molecule has 0 aliphatic carbocycles. The number of hydrogen-bond acceptors (Lipinski definition) is 6. The van der Waals surface area contributed by atoms with E-state index in [2.05, 4.69) is 0 Å². The molecule has 0 heterocycles. The standard InChI is InChI=1S/C15H14F2N2O5S/c1-9(18)15(20)19(21)25(22,23)12-6-7-14(13(17)8-12)24-11-4-2-10(16)3-5-11/h2-9,21H,18H2,1H3/t9-/m0/s1. The molecule has 1 amide bonds. The largest absolute Gasteiger partial charge is 0.454 e. The topological polar surface area (TPSA) is 110 Å². The molecule has 0 unspecified atom stereocenters. The Morgan fingerprint density at radius 3 is 2.32 bits per heavy atom. The van der Waals surface area contributed by atoms with E-state index in [0.717, 1.165) is 24.3 Å². The van der Waals surface area contributed by atoms with Gasteiger partial charge in [0, 0.05) is 0 Å². The molecule has 0 spiro atoms. The predicted molar refractivity (Wildman–Crippen MR) is 82.3 cm³/mol. The van der Waals surface area contributed by atoms with Crippen LogP contribution in [0.2, 0.25) is 0 Å². The highest BCUT2D eigenvalue weighted by atomic mass is 32.2. The second-order valence-corrected chi connectivity index (χ2v) is 6.79. The monoisotopic (exact) mass is 372 g/mol. The second-order valence-electron chi connectivity index (χ2n) is 5.02. The van der Waals surface area contributed by atoms with Crippen LogP contribution in [-0.2, 0) is 14.8 Å². The third-order valence-corrected chi connectivity index (χ3v) is 4.53. The van der Waals surface area contributed by atoms with E-state index in [0.29, 0.717) is 6.07 Å². The number of benzene rings is 2. The summed E-state index contributed by atoms with van der Waals surface area (Å²) in [5.41, 5.74) is 5.23. The summed E-state index contributed by atoms with van der Waals surface area (Å²) in [4.78, 5) is 10.8. The summed E-state index contributed by atoms with van der Waals surface area (Å²) >= 11 is 0. The molecule has 0 aliphatic rings. The van der Waals surface area contributed by atoms with Crippen molar-refractivity contribution in [3.63, 3.8) is 0 Å². The Hall–Kier alpha value is -2.56. The fourth-order valence-corrected chi connectivity index (χ4v) is 2.84. The number of nitrogens with two attached hydrogens (primary N) is 1. The maximum atomic E-state index is 14.1. The zero-order chi connectivity index (χ0) is 18.8. The molecule has 2 rings (SSSR count). The third kappa shape index (κ3) is 4.10. The van der Waals surface area contributed by atoms with E-state index < -0.39 is 43.0 Å². The molecule has 134 valence electrons. The third-order valence-electron chi connectivity index (χ3n) is 3.05. The first-order valence-corrected chi connectivity index (χ1v) is 8.33. The molecule has 0 fully saturated rings. The Balaban J connectivity index is 2.29. The van der Waals surface area contributed by atoms with E-state index in [1.807, 2.05) is 0 Å². The van der Waals surface area contributed by atoms with Crippen LogP contribution in [0.25, 0.3) is 0 Å². The Kier molecular flexibility index (Phi) is 5.36. The average molecular weight is 372 g/mol. The number of carbonyl (C=O) groups is 1. The zero-order valence-corrected chi connectivity index (χ0v) is 13.7. The van der Waals surface area contributed by atoms with Crippen molar-refractivity contribution in [1.82, 2.24) is 4.47 Å². The number of rotatable bonds is 5. The first-order chi connectivity index (χ1) is 11.6. The first kappa shape index (κ1) is 18.8. The molecule has 10 heteroatoms. The molecule has 25 heavy (non-hydrogen) atoms. The molecular formula is C15H14F2N2O5S. The normalized spacial score (nSPS) is 12.5. The minimum absolute atomic E-state index is 0.131. The Morgan fingerprint density at radius 2 is 1.80 bits per heavy atom. The molecule has 0 bridgehead atoms. The van der Waals surface area contributed by atoms with Crippen molar-refractivity contribution in [3.8, 4) is 11.5 Å². The lowest BCUT2D eigenvalue weighted by molar-refractivity contribution is -0.147. The summed E-state index contributed by atoms with van der Waals surface area (Å²) in [6, 6.07) is 5.97. The van der Waals surface area contributed by atoms with Gasteiger partial charge in [-0.15, -0.1) is 4.47 Å². The Labute approximate surface area is 142 Å². The number of hydrogen-bond donors (Lipinski definition) is 2. The fraction of sp³-hybridized carbons (Fsp3) is 0.133. The van der Waals surface area contributed by atoms with Gasteiger partial charge in [-0.3, -0.25) is 10.0 Å². The Bertz CT molecular complexity index is 885. The Morgan fingerprint density at radius 1 is 1.20 bits per heavy atom. The quantitative estimate of drug-likeness (QED) is 0.614. The molecule has 3 N–H and O–H groups in total. The van der Waals surface area contributed by atoms with Gasteiger partial charge in [-0.2, -0.15) is 8.42 Å². The van der Waals surface area contributed by atoms with E-state index in [9.17, 15) is 27.2 Å². The molecular weight excluding hydrogens is 358 g/mol. The average Bonchev–Trinajstić information content (AvgIpc) is 2.57. The lowest BCUT2D eigenvalue weighted by Crippen LogP contribution is -2.43. The van der Waals surface area contributed by atoms with E-state index >= 15 is 0 Å². The number of amides is 1. The fourth-order valence-electron chi connectivity index (χ4n) is 1.75. The van der Waals surface area contributed by atoms with Crippen molar-refractivity contribution in [2.75, 3.05) is 0 Å². The van der Waals surface area contributed by atoms with E-state index in [1.165, 1.54) is 19.1 Å². The van der Waals surface area contributed by atoms with Crippen LogP contribution in [0.5, 0.6) is 11.5 Å². The van der Waals surface area contributed by atoms with Crippen LogP contribution in [0.15, 0.2) is 47.4 Å². The summed E-state index contributed by atoms with van der Waals surface area (Å²) in [7, 11) is -4.69. The van der Waals surface area contributed by atoms with Gasteiger partial charge in [0.25, 0.3) is 15.9 Å². The summed E-state index contributed by atoms with van der Waals surface area (Å²) in [5, 5.41) is 9.52. The minimum atomic E-state index is -4.69. The van der Waals surface area contributed by atoms with E-state index in [1.54, 1.807) is 0 Å². The van der Waals surface area contributed by atoms with Crippen molar-refractivity contribution in [2.45, 2.75) is 17.9 Å². The van der Waals surface area contributed by atoms with Crippen LogP contribution in [0, 0.1) is 11.6 Å².